The molecule has 0 bridgehead atoms. The molecular formula is C32H47N3O8S. The molecule has 1 N–H and O–H groups in total. The average Bonchev–Trinajstić information content (AvgIpc) is 3.34. The molecule has 2 aromatic carbocycles. The van der Waals surface area contributed by atoms with Crippen LogP contribution in [-0.4, -0.2) is 95.0 Å². The number of hydrogen-bond donors (Lipinski definition) is 1. The van der Waals surface area contributed by atoms with Gasteiger partial charge in [0.05, 0.1) is 19.5 Å². The van der Waals surface area contributed by atoms with E-state index < -0.39 is 27.8 Å². The number of rotatable bonds is 14. The lowest BCUT2D eigenvalue weighted by Crippen LogP contribution is -2.47. The molecule has 0 aromatic heterocycles. The first-order valence-electron chi connectivity index (χ1n) is 14.9. The van der Waals surface area contributed by atoms with Crippen molar-refractivity contribution in [2.24, 2.45) is 5.92 Å². The quantitative estimate of drug-likeness (QED) is 0.305. The molecule has 0 unspecified atom stereocenters. The van der Waals surface area contributed by atoms with Crippen LogP contribution in [0, 0.1) is 5.92 Å². The number of methoxy groups -OCH3 is 2. The topological polar surface area (TPSA) is 124 Å². The molecule has 0 saturated carbocycles. The van der Waals surface area contributed by atoms with Crippen LogP contribution in [0.1, 0.15) is 57.0 Å². The molecule has 0 spiro atoms. The highest BCUT2D eigenvalue weighted by atomic mass is 32.2. The summed E-state index contributed by atoms with van der Waals surface area (Å²) in [5, 5.41) is 0. The summed E-state index contributed by atoms with van der Waals surface area (Å²) < 4.78 is 51.3. The molecule has 11 nitrogen and oxygen atoms in total. The van der Waals surface area contributed by atoms with Gasteiger partial charge in [-0.2, -0.15) is 0 Å². The number of carbonyl (C=O) groups is 2. The molecule has 0 aliphatic carbocycles. The van der Waals surface area contributed by atoms with Crippen molar-refractivity contribution in [2.75, 3.05) is 47.1 Å². The van der Waals surface area contributed by atoms with Gasteiger partial charge < -0.3 is 28.7 Å². The van der Waals surface area contributed by atoms with E-state index in [2.05, 4.69) is 4.72 Å². The van der Waals surface area contributed by atoms with Gasteiger partial charge in [0, 0.05) is 63.3 Å². The molecule has 1 saturated heterocycles. The first-order valence-corrected chi connectivity index (χ1v) is 16.5. The maximum Gasteiger partial charge on any atom is 0.410 e. The molecule has 2 atom stereocenters. The molecular weight excluding hydrogens is 586 g/mol. The van der Waals surface area contributed by atoms with E-state index in [0.29, 0.717) is 42.3 Å². The monoisotopic (exact) mass is 633 g/mol. The summed E-state index contributed by atoms with van der Waals surface area (Å²) in [6, 6.07) is 13.1. The number of benzene rings is 2. The SMILES string of the molecule is COCCCOc1cc(C(=O)N(C[C@@H]2CN(C(=O)OC(C)(C)C)C[C@H]2NS(=O)(=O)Cc2ccccc2)C(C)C)ccc1OC. The van der Waals surface area contributed by atoms with Crippen LogP contribution < -0.4 is 14.2 Å². The van der Waals surface area contributed by atoms with Crippen molar-refractivity contribution in [3.05, 3.63) is 59.7 Å². The van der Waals surface area contributed by atoms with Gasteiger partial charge in [-0.05, 0) is 58.4 Å². The van der Waals surface area contributed by atoms with Crippen LogP contribution in [0.15, 0.2) is 48.5 Å². The molecule has 2 aromatic rings. The van der Waals surface area contributed by atoms with Gasteiger partial charge in [-0.3, -0.25) is 4.79 Å². The Balaban J connectivity index is 1.85. The third kappa shape index (κ3) is 10.4. The van der Waals surface area contributed by atoms with Crippen LogP contribution in [0.3, 0.4) is 0 Å². The lowest BCUT2D eigenvalue weighted by molar-refractivity contribution is 0.0283. The van der Waals surface area contributed by atoms with Crippen molar-refractivity contribution < 1.29 is 37.0 Å². The fourth-order valence-electron chi connectivity index (χ4n) is 4.99. The minimum atomic E-state index is -3.76. The molecule has 244 valence electrons. The first kappa shape index (κ1) is 35.1. The van der Waals surface area contributed by atoms with Crippen LogP contribution in [0.25, 0.3) is 0 Å². The van der Waals surface area contributed by atoms with E-state index in [0.717, 1.165) is 0 Å². The van der Waals surface area contributed by atoms with Gasteiger partial charge in [-0.1, -0.05) is 30.3 Å². The van der Waals surface area contributed by atoms with Crippen molar-refractivity contribution in [3.63, 3.8) is 0 Å². The van der Waals surface area contributed by atoms with Crippen LogP contribution >= 0.6 is 0 Å². The molecule has 1 aliphatic rings. The fraction of sp³-hybridized carbons (Fsp3) is 0.562. The number of nitrogens with zero attached hydrogens (tertiary/aromatic N) is 2. The molecule has 1 aliphatic heterocycles. The van der Waals surface area contributed by atoms with Crippen molar-refractivity contribution in [3.8, 4) is 11.5 Å². The molecule has 2 amide bonds. The van der Waals surface area contributed by atoms with E-state index in [4.69, 9.17) is 18.9 Å². The van der Waals surface area contributed by atoms with E-state index in [-0.39, 0.29) is 43.3 Å². The summed E-state index contributed by atoms with van der Waals surface area (Å²) in [5.74, 6) is 0.122. The smallest absolute Gasteiger partial charge is 0.410 e. The maximum atomic E-state index is 13.9. The van der Waals surface area contributed by atoms with Crippen LogP contribution in [0.4, 0.5) is 4.79 Å². The number of likely N-dealkylation sites (tertiary alicyclic amines) is 1. The van der Waals surface area contributed by atoms with E-state index in [1.807, 2.05) is 19.9 Å². The Morgan fingerprint density at radius 1 is 1.02 bits per heavy atom. The Hall–Kier alpha value is -3.35. The first-order chi connectivity index (χ1) is 20.7. The van der Waals surface area contributed by atoms with Gasteiger partial charge in [-0.15, -0.1) is 0 Å². The van der Waals surface area contributed by atoms with Gasteiger partial charge in [0.2, 0.25) is 10.0 Å². The predicted molar refractivity (Wildman–Crippen MR) is 168 cm³/mol. The number of sulfonamides is 1. The lowest BCUT2D eigenvalue weighted by atomic mass is 10.0. The largest absolute Gasteiger partial charge is 0.493 e. The molecule has 44 heavy (non-hydrogen) atoms. The normalized spacial score (nSPS) is 17.0. The lowest BCUT2D eigenvalue weighted by Gasteiger charge is -2.31. The second-order valence-electron chi connectivity index (χ2n) is 12.2. The summed E-state index contributed by atoms with van der Waals surface area (Å²) in [6.07, 6.45) is 0.146. The summed E-state index contributed by atoms with van der Waals surface area (Å²) in [4.78, 5) is 30.1. The van der Waals surface area contributed by atoms with Gasteiger partial charge in [0.15, 0.2) is 11.5 Å². The zero-order valence-corrected chi connectivity index (χ0v) is 27.7. The number of carbonyl (C=O) groups excluding carboxylic acids is 2. The summed E-state index contributed by atoms with van der Waals surface area (Å²) in [5.41, 5.74) is 0.344. The zero-order chi connectivity index (χ0) is 32.5. The van der Waals surface area contributed by atoms with E-state index >= 15 is 0 Å². The van der Waals surface area contributed by atoms with Crippen molar-refractivity contribution >= 4 is 22.0 Å². The standard InChI is InChI=1S/C32H47N3O8S/c1-23(2)35(30(36)25-14-15-28(41-7)29(18-25)42-17-11-16-40-6)20-26-19-34(31(37)43-32(3,4)5)21-27(26)33-44(38,39)22-24-12-9-8-10-13-24/h8-10,12-15,18,23,26-27,33H,11,16-17,19-22H2,1-7H3/t26-,27+/m0/s1. The second-order valence-corrected chi connectivity index (χ2v) is 14.0. The van der Waals surface area contributed by atoms with E-state index in [9.17, 15) is 18.0 Å². The molecule has 12 heteroatoms. The van der Waals surface area contributed by atoms with Crippen molar-refractivity contribution in [1.82, 2.24) is 14.5 Å². The molecule has 3 rings (SSSR count). The van der Waals surface area contributed by atoms with Crippen LogP contribution in [0.2, 0.25) is 0 Å². The molecule has 1 heterocycles. The highest BCUT2D eigenvalue weighted by Crippen LogP contribution is 2.30. The summed E-state index contributed by atoms with van der Waals surface area (Å²) in [7, 11) is -0.604. The molecule has 1 fully saturated rings. The van der Waals surface area contributed by atoms with Gasteiger partial charge >= 0.3 is 6.09 Å². The Morgan fingerprint density at radius 3 is 2.34 bits per heavy atom. The minimum absolute atomic E-state index is 0.121. The van der Waals surface area contributed by atoms with Gasteiger partial charge in [0.1, 0.15) is 5.60 Å². The third-order valence-corrected chi connectivity index (χ3v) is 8.47. The highest BCUT2D eigenvalue weighted by molar-refractivity contribution is 7.88. The zero-order valence-electron chi connectivity index (χ0n) is 26.9. The number of nitrogens with one attached hydrogen (secondary N) is 1. The maximum absolute atomic E-state index is 13.9. The Morgan fingerprint density at radius 2 is 1.73 bits per heavy atom. The third-order valence-electron chi connectivity index (χ3n) is 7.10. The van der Waals surface area contributed by atoms with Gasteiger partial charge in [-0.25, -0.2) is 17.9 Å². The number of hydrogen-bond acceptors (Lipinski definition) is 8. The van der Waals surface area contributed by atoms with Crippen molar-refractivity contribution in [2.45, 2.75) is 64.5 Å². The number of ether oxygens (including phenoxy) is 4. The Bertz CT molecular complexity index is 1350. The van der Waals surface area contributed by atoms with Crippen LogP contribution in [0.5, 0.6) is 11.5 Å². The Labute approximate surface area is 261 Å². The summed E-state index contributed by atoms with van der Waals surface area (Å²) in [6.45, 7) is 10.6. The van der Waals surface area contributed by atoms with Crippen molar-refractivity contribution in [1.29, 1.82) is 0 Å². The fourth-order valence-corrected chi connectivity index (χ4v) is 6.43. The average molecular weight is 634 g/mol. The summed E-state index contributed by atoms with van der Waals surface area (Å²) >= 11 is 0. The predicted octanol–water partition coefficient (Wildman–Crippen LogP) is 4.32. The van der Waals surface area contributed by atoms with Gasteiger partial charge in [0.25, 0.3) is 5.91 Å². The number of amides is 2. The Kier molecular flexibility index (Phi) is 12.4. The van der Waals surface area contributed by atoms with E-state index in [1.165, 1.54) is 12.0 Å². The van der Waals surface area contributed by atoms with E-state index in [1.54, 1.807) is 75.2 Å². The highest BCUT2D eigenvalue weighted by Gasteiger charge is 2.41. The van der Waals surface area contributed by atoms with Crippen LogP contribution in [-0.2, 0) is 25.2 Å². The minimum Gasteiger partial charge on any atom is -0.493 e. The second kappa shape index (κ2) is 15.6. The molecule has 0 radical (unpaired) electrons.